The predicted octanol–water partition coefficient (Wildman–Crippen LogP) is 1.61. The second-order valence-electron chi connectivity index (χ2n) is 6.05. The Hall–Kier alpha value is -1.39. The summed E-state index contributed by atoms with van der Waals surface area (Å²) >= 11 is 0. The lowest BCUT2D eigenvalue weighted by atomic mass is 10.0. The topological polar surface area (TPSA) is 66.5 Å². The van der Waals surface area contributed by atoms with Crippen molar-refractivity contribution in [3.05, 3.63) is 0 Å². The molecular formula is C15H28N2O3. The van der Waals surface area contributed by atoms with Crippen LogP contribution in [-0.4, -0.2) is 42.1 Å². The molecule has 0 fully saturated rings. The molecule has 0 heterocycles. The second-order valence-corrected chi connectivity index (χ2v) is 6.05. The molecule has 0 saturated heterocycles. The number of carbonyl (C=O) groups is 3. The molecule has 0 aromatic carbocycles. The summed E-state index contributed by atoms with van der Waals surface area (Å²) in [5.41, 5.74) is 0. The smallest absolute Gasteiger partial charge is 0.243 e. The van der Waals surface area contributed by atoms with Crippen molar-refractivity contribution in [2.24, 2.45) is 11.8 Å². The van der Waals surface area contributed by atoms with Gasteiger partial charge in [-0.3, -0.25) is 14.4 Å². The number of nitrogens with one attached hydrogen (secondary N) is 1. The highest BCUT2D eigenvalue weighted by Crippen LogP contribution is 2.13. The maximum Gasteiger partial charge on any atom is 0.243 e. The Morgan fingerprint density at radius 2 is 1.65 bits per heavy atom. The molecule has 0 aromatic heterocycles. The molecule has 0 radical (unpaired) electrons. The van der Waals surface area contributed by atoms with Crippen molar-refractivity contribution in [3.63, 3.8) is 0 Å². The van der Waals surface area contributed by atoms with E-state index in [1.54, 1.807) is 7.05 Å². The van der Waals surface area contributed by atoms with Crippen molar-refractivity contribution in [1.82, 2.24) is 10.2 Å². The van der Waals surface area contributed by atoms with Gasteiger partial charge in [-0.1, -0.05) is 27.7 Å². The summed E-state index contributed by atoms with van der Waals surface area (Å²) in [6.45, 7) is 9.34. The van der Waals surface area contributed by atoms with Crippen molar-refractivity contribution >= 4 is 17.6 Å². The van der Waals surface area contributed by atoms with Crippen molar-refractivity contribution < 1.29 is 14.4 Å². The highest BCUT2D eigenvalue weighted by molar-refractivity contribution is 5.90. The first-order valence-electron chi connectivity index (χ1n) is 7.19. The Morgan fingerprint density at radius 1 is 1.10 bits per heavy atom. The van der Waals surface area contributed by atoms with E-state index >= 15 is 0 Å². The molecular weight excluding hydrogens is 256 g/mol. The second kappa shape index (κ2) is 8.72. The van der Waals surface area contributed by atoms with Crippen LogP contribution in [0.1, 0.15) is 47.5 Å². The van der Waals surface area contributed by atoms with Crippen molar-refractivity contribution in [1.29, 1.82) is 0 Å². The van der Waals surface area contributed by atoms with E-state index in [9.17, 15) is 14.4 Å². The summed E-state index contributed by atoms with van der Waals surface area (Å²) < 4.78 is 0. The lowest BCUT2D eigenvalue weighted by molar-refractivity contribution is -0.141. The van der Waals surface area contributed by atoms with Gasteiger partial charge in [-0.05, 0) is 25.2 Å². The minimum Gasteiger partial charge on any atom is -0.347 e. The van der Waals surface area contributed by atoms with Crippen molar-refractivity contribution in [3.8, 4) is 0 Å². The summed E-state index contributed by atoms with van der Waals surface area (Å²) in [5, 5.41) is 2.58. The molecule has 0 aromatic rings. The lowest BCUT2D eigenvalue weighted by Gasteiger charge is -2.30. The fourth-order valence-electron chi connectivity index (χ4n) is 1.99. The molecule has 1 N–H and O–H groups in total. The van der Waals surface area contributed by atoms with E-state index in [0.29, 0.717) is 12.3 Å². The minimum absolute atomic E-state index is 0.00467. The summed E-state index contributed by atoms with van der Waals surface area (Å²) in [7, 11) is 1.65. The number of hydrogen-bond donors (Lipinski definition) is 1. The average molecular weight is 284 g/mol. The maximum absolute atomic E-state index is 12.1. The standard InChI is InChI=1S/C15H28N2O3/c1-10(2)7-8-13(19)17(6)14(11(3)4)15(20)16-9-12(5)18/h10-11,14H,7-9H2,1-6H3,(H,16,20). The summed E-state index contributed by atoms with van der Waals surface area (Å²) in [6, 6.07) is -0.533. The van der Waals surface area contributed by atoms with Crippen LogP contribution in [0.5, 0.6) is 0 Å². The van der Waals surface area contributed by atoms with Gasteiger partial charge >= 0.3 is 0 Å². The number of amides is 2. The van der Waals surface area contributed by atoms with Gasteiger partial charge in [-0.15, -0.1) is 0 Å². The van der Waals surface area contributed by atoms with Gasteiger partial charge in [0.25, 0.3) is 0 Å². The van der Waals surface area contributed by atoms with Crippen LogP contribution in [0.2, 0.25) is 0 Å². The third kappa shape index (κ3) is 6.68. The van der Waals surface area contributed by atoms with Crippen LogP contribution < -0.4 is 5.32 Å². The third-order valence-electron chi connectivity index (χ3n) is 3.16. The zero-order valence-electron chi connectivity index (χ0n) is 13.5. The van der Waals surface area contributed by atoms with E-state index in [2.05, 4.69) is 19.2 Å². The number of hydrogen-bond acceptors (Lipinski definition) is 3. The molecule has 2 amide bonds. The molecule has 5 heteroatoms. The first-order valence-corrected chi connectivity index (χ1v) is 7.19. The van der Waals surface area contributed by atoms with Crippen LogP contribution in [0.3, 0.4) is 0 Å². The third-order valence-corrected chi connectivity index (χ3v) is 3.16. The van der Waals surface area contributed by atoms with Gasteiger partial charge in [-0.25, -0.2) is 0 Å². The molecule has 0 aliphatic carbocycles. The number of nitrogens with zero attached hydrogens (tertiary/aromatic N) is 1. The van der Waals surface area contributed by atoms with Crippen LogP contribution in [-0.2, 0) is 14.4 Å². The number of rotatable bonds is 8. The Bertz CT molecular complexity index is 351. The highest BCUT2D eigenvalue weighted by Gasteiger charge is 2.29. The van der Waals surface area contributed by atoms with Gasteiger partial charge in [0.1, 0.15) is 11.8 Å². The van der Waals surface area contributed by atoms with E-state index < -0.39 is 6.04 Å². The van der Waals surface area contributed by atoms with E-state index in [0.717, 1.165) is 6.42 Å². The Morgan fingerprint density at radius 3 is 2.05 bits per heavy atom. The van der Waals surface area contributed by atoms with Crippen LogP contribution in [0.15, 0.2) is 0 Å². The van der Waals surface area contributed by atoms with Crippen LogP contribution in [0.25, 0.3) is 0 Å². The Labute approximate surface area is 122 Å². The molecule has 116 valence electrons. The molecule has 0 aliphatic rings. The van der Waals surface area contributed by atoms with Gasteiger partial charge < -0.3 is 10.2 Å². The molecule has 1 unspecified atom stereocenters. The van der Waals surface area contributed by atoms with Gasteiger partial charge in [-0.2, -0.15) is 0 Å². The molecule has 0 saturated carbocycles. The molecule has 0 spiro atoms. The molecule has 0 aliphatic heterocycles. The zero-order chi connectivity index (χ0) is 15.9. The zero-order valence-corrected chi connectivity index (χ0v) is 13.5. The van der Waals surface area contributed by atoms with E-state index in [1.165, 1.54) is 11.8 Å². The Kier molecular flexibility index (Phi) is 8.11. The van der Waals surface area contributed by atoms with Crippen LogP contribution in [0.4, 0.5) is 0 Å². The number of ketones is 1. The molecule has 5 nitrogen and oxygen atoms in total. The molecule has 0 bridgehead atoms. The first kappa shape index (κ1) is 18.6. The number of Topliss-reactive ketones (excluding diaryl/α,β-unsaturated/α-hetero) is 1. The molecule has 1 atom stereocenters. The largest absolute Gasteiger partial charge is 0.347 e. The van der Waals surface area contributed by atoms with Gasteiger partial charge in [0, 0.05) is 13.5 Å². The average Bonchev–Trinajstić information content (AvgIpc) is 2.32. The monoisotopic (exact) mass is 284 g/mol. The summed E-state index contributed by atoms with van der Waals surface area (Å²) in [5.74, 6) is 0.0481. The number of carbonyl (C=O) groups excluding carboxylic acids is 3. The van der Waals surface area contributed by atoms with Crippen molar-refractivity contribution in [2.45, 2.75) is 53.5 Å². The SMILES string of the molecule is CC(=O)CNC(=O)C(C(C)C)N(C)C(=O)CCC(C)C. The fourth-order valence-corrected chi connectivity index (χ4v) is 1.99. The Balaban J connectivity index is 4.68. The van der Waals surface area contributed by atoms with Gasteiger partial charge in [0.05, 0.1) is 6.54 Å². The van der Waals surface area contributed by atoms with Gasteiger partial charge in [0.15, 0.2) is 0 Å². The quantitative estimate of drug-likeness (QED) is 0.736. The van der Waals surface area contributed by atoms with E-state index in [-0.39, 0.29) is 30.1 Å². The molecule has 20 heavy (non-hydrogen) atoms. The van der Waals surface area contributed by atoms with Crippen LogP contribution in [0, 0.1) is 11.8 Å². The lowest BCUT2D eigenvalue weighted by Crippen LogP contribution is -2.51. The molecule has 0 rings (SSSR count). The highest BCUT2D eigenvalue weighted by atomic mass is 16.2. The normalized spacial score (nSPS) is 12.4. The number of likely N-dealkylation sites (N-methyl/N-ethyl adjacent to an activating group) is 1. The summed E-state index contributed by atoms with van der Waals surface area (Å²) in [6.07, 6.45) is 1.25. The van der Waals surface area contributed by atoms with Crippen LogP contribution >= 0.6 is 0 Å². The van der Waals surface area contributed by atoms with E-state index in [4.69, 9.17) is 0 Å². The van der Waals surface area contributed by atoms with Crippen molar-refractivity contribution in [2.75, 3.05) is 13.6 Å². The first-order chi connectivity index (χ1) is 9.16. The fraction of sp³-hybridized carbons (Fsp3) is 0.800. The summed E-state index contributed by atoms with van der Waals surface area (Å²) in [4.78, 5) is 36.7. The maximum atomic E-state index is 12.1. The minimum atomic E-state index is -0.533. The predicted molar refractivity (Wildman–Crippen MR) is 79.2 cm³/mol. The van der Waals surface area contributed by atoms with E-state index in [1.807, 2.05) is 13.8 Å². The van der Waals surface area contributed by atoms with Gasteiger partial charge in [0.2, 0.25) is 11.8 Å².